The minimum Gasteiger partial charge on any atom is -0.228 e. The molecule has 10 aromatic rings. The molecular weight excluding hydrogens is 669 g/mol. The highest BCUT2D eigenvalue weighted by Gasteiger charge is 2.25. The molecule has 0 bridgehead atoms. The molecule has 0 spiro atoms. The third-order valence-corrected chi connectivity index (χ3v) is 12.6. The summed E-state index contributed by atoms with van der Waals surface area (Å²) in [6.45, 7) is 0. The van der Waals surface area contributed by atoms with Crippen molar-refractivity contribution in [2.45, 2.75) is 9.79 Å². The first-order chi connectivity index (χ1) is 25.8. The normalized spacial score (nSPS) is 12.2. The highest BCUT2D eigenvalue weighted by molar-refractivity contribution is 7.99. The number of thiophene rings is 1. The molecule has 0 unspecified atom stereocenters. The molecule has 0 saturated carbocycles. The van der Waals surface area contributed by atoms with Gasteiger partial charge in [-0.15, -0.1) is 11.3 Å². The summed E-state index contributed by atoms with van der Waals surface area (Å²) in [6, 6.07) is 61.3. The number of para-hydroxylation sites is 1. The third-order valence-electron chi connectivity index (χ3n) is 10.3. The molecule has 0 saturated heterocycles. The molecule has 0 amide bonds. The van der Waals surface area contributed by atoms with E-state index in [2.05, 4.69) is 170 Å². The fourth-order valence-electron chi connectivity index (χ4n) is 7.88. The molecule has 11 rings (SSSR count). The van der Waals surface area contributed by atoms with Crippen LogP contribution in [0, 0.1) is 0 Å². The van der Waals surface area contributed by atoms with Gasteiger partial charge in [0.25, 0.3) is 0 Å². The van der Waals surface area contributed by atoms with Gasteiger partial charge in [0.1, 0.15) is 0 Å². The van der Waals surface area contributed by atoms with E-state index in [1.54, 1.807) is 0 Å². The van der Waals surface area contributed by atoms with Crippen LogP contribution in [0.2, 0.25) is 0 Å². The second-order valence-corrected chi connectivity index (χ2v) is 15.5. The number of nitrogens with zero attached hydrogens (tertiary/aromatic N) is 2. The number of fused-ring (bicyclic) bond motifs is 6. The van der Waals surface area contributed by atoms with E-state index in [-0.39, 0.29) is 0 Å². The topological polar surface area (TPSA) is 25.8 Å². The number of benzene rings is 8. The molecular formula is C48H28N2S2. The van der Waals surface area contributed by atoms with Crippen molar-refractivity contribution in [1.29, 1.82) is 0 Å². The standard InChI is InChI=1S/C48H28N2S2/c1-2-10-29(11-3-1)30-20-22-31(23-21-30)47-36-13-4-6-17-40(36)49-48(50-47)38-16-9-19-43-46(38)37-15-8-14-35-33(25-27-44(52-43)45(35)37)32-24-26-42-39(28-32)34-12-5-7-18-41(34)51-42/h1-28H. The maximum Gasteiger partial charge on any atom is 0.161 e. The van der Waals surface area contributed by atoms with Crippen LogP contribution in [0.1, 0.15) is 0 Å². The Balaban J connectivity index is 1.08. The van der Waals surface area contributed by atoms with Crippen LogP contribution in [0.25, 0.3) is 97.9 Å². The molecule has 1 aliphatic heterocycles. The first-order valence-electron chi connectivity index (χ1n) is 17.5. The summed E-state index contributed by atoms with van der Waals surface area (Å²) in [5.74, 6) is 0.740. The van der Waals surface area contributed by atoms with Crippen molar-refractivity contribution < 1.29 is 0 Å². The average Bonchev–Trinajstić information content (AvgIpc) is 3.59. The zero-order valence-electron chi connectivity index (χ0n) is 27.9. The number of aromatic nitrogens is 2. The molecule has 3 heterocycles. The second-order valence-electron chi connectivity index (χ2n) is 13.3. The maximum atomic E-state index is 5.37. The Bertz CT molecular complexity index is 3030. The molecule has 242 valence electrons. The van der Waals surface area contributed by atoms with Gasteiger partial charge in [-0.2, -0.15) is 0 Å². The molecule has 0 atom stereocenters. The Kier molecular flexibility index (Phi) is 6.69. The lowest BCUT2D eigenvalue weighted by atomic mass is 9.90. The first kappa shape index (κ1) is 29.6. The van der Waals surface area contributed by atoms with Crippen molar-refractivity contribution in [3.63, 3.8) is 0 Å². The van der Waals surface area contributed by atoms with Crippen molar-refractivity contribution in [3.8, 4) is 56.0 Å². The predicted octanol–water partition coefficient (Wildman–Crippen LogP) is 14.0. The van der Waals surface area contributed by atoms with Crippen molar-refractivity contribution in [2.75, 3.05) is 0 Å². The molecule has 8 aromatic carbocycles. The molecule has 0 aliphatic carbocycles. The SMILES string of the molecule is c1ccc(-c2ccc(-c3nc(-c4cccc5c4-c4cccc6c(-c7ccc8sc9ccccc9c8c7)ccc(c46)S5)nc4ccccc34)cc2)cc1. The summed E-state index contributed by atoms with van der Waals surface area (Å²) in [7, 11) is 0. The largest absolute Gasteiger partial charge is 0.228 e. The van der Waals surface area contributed by atoms with Crippen LogP contribution in [0.4, 0.5) is 0 Å². The summed E-state index contributed by atoms with van der Waals surface area (Å²) in [5.41, 5.74) is 11.3. The average molecular weight is 697 g/mol. The van der Waals surface area contributed by atoms with E-state index >= 15 is 0 Å². The van der Waals surface area contributed by atoms with Gasteiger partial charge in [0.15, 0.2) is 5.82 Å². The third kappa shape index (κ3) is 4.65. The van der Waals surface area contributed by atoms with E-state index in [4.69, 9.17) is 9.97 Å². The van der Waals surface area contributed by atoms with E-state index in [9.17, 15) is 0 Å². The Hall–Kier alpha value is -6.07. The Morgan fingerprint density at radius 3 is 1.98 bits per heavy atom. The van der Waals surface area contributed by atoms with Crippen molar-refractivity contribution >= 4 is 64.9 Å². The Morgan fingerprint density at radius 1 is 0.385 bits per heavy atom. The minimum absolute atomic E-state index is 0.740. The zero-order valence-corrected chi connectivity index (χ0v) is 29.5. The minimum atomic E-state index is 0.740. The highest BCUT2D eigenvalue weighted by Crippen LogP contribution is 2.52. The van der Waals surface area contributed by atoms with Crippen LogP contribution in [0.15, 0.2) is 180 Å². The lowest BCUT2D eigenvalue weighted by Gasteiger charge is -2.24. The van der Waals surface area contributed by atoms with Gasteiger partial charge in [-0.3, -0.25) is 0 Å². The lowest BCUT2D eigenvalue weighted by Crippen LogP contribution is -2.00. The Labute approximate surface area is 309 Å². The zero-order chi connectivity index (χ0) is 34.2. The molecule has 52 heavy (non-hydrogen) atoms. The van der Waals surface area contributed by atoms with E-state index in [0.717, 1.165) is 33.5 Å². The van der Waals surface area contributed by atoms with Crippen LogP contribution in [-0.2, 0) is 0 Å². The monoisotopic (exact) mass is 696 g/mol. The van der Waals surface area contributed by atoms with Gasteiger partial charge in [0.2, 0.25) is 0 Å². The van der Waals surface area contributed by atoms with E-state index in [1.807, 2.05) is 23.1 Å². The smallest absolute Gasteiger partial charge is 0.161 e. The maximum absolute atomic E-state index is 5.37. The fourth-order valence-corrected chi connectivity index (χ4v) is 10.1. The van der Waals surface area contributed by atoms with Crippen LogP contribution >= 0.6 is 23.1 Å². The summed E-state index contributed by atoms with van der Waals surface area (Å²) in [6.07, 6.45) is 0. The lowest BCUT2D eigenvalue weighted by molar-refractivity contribution is 1.22. The number of hydrogen-bond acceptors (Lipinski definition) is 4. The molecule has 1 aliphatic rings. The van der Waals surface area contributed by atoms with E-state index in [0.29, 0.717) is 0 Å². The molecule has 4 heteroatoms. The highest BCUT2D eigenvalue weighted by atomic mass is 32.2. The molecule has 0 N–H and O–H groups in total. The van der Waals surface area contributed by atoms with Gasteiger partial charge in [-0.25, -0.2) is 9.97 Å². The van der Waals surface area contributed by atoms with Gasteiger partial charge < -0.3 is 0 Å². The fraction of sp³-hybridized carbons (Fsp3) is 0. The van der Waals surface area contributed by atoms with Crippen LogP contribution in [0.3, 0.4) is 0 Å². The number of hydrogen-bond donors (Lipinski definition) is 0. The van der Waals surface area contributed by atoms with Gasteiger partial charge in [0, 0.05) is 57.4 Å². The predicted molar refractivity (Wildman–Crippen MR) is 221 cm³/mol. The summed E-state index contributed by atoms with van der Waals surface area (Å²) in [4.78, 5) is 13.1. The van der Waals surface area contributed by atoms with Crippen LogP contribution in [-0.4, -0.2) is 9.97 Å². The molecule has 2 aromatic heterocycles. The summed E-state index contributed by atoms with van der Waals surface area (Å²) >= 11 is 3.71. The van der Waals surface area contributed by atoms with Crippen LogP contribution in [0.5, 0.6) is 0 Å². The molecule has 0 fully saturated rings. The molecule has 0 radical (unpaired) electrons. The van der Waals surface area contributed by atoms with Gasteiger partial charge in [-0.1, -0.05) is 145 Å². The Morgan fingerprint density at radius 2 is 1.08 bits per heavy atom. The first-order valence-corrected chi connectivity index (χ1v) is 19.1. The van der Waals surface area contributed by atoms with Crippen molar-refractivity contribution in [2.24, 2.45) is 0 Å². The van der Waals surface area contributed by atoms with Gasteiger partial charge in [0.05, 0.1) is 11.2 Å². The van der Waals surface area contributed by atoms with Crippen LogP contribution < -0.4 is 0 Å². The van der Waals surface area contributed by atoms with Gasteiger partial charge in [-0.05, 0) is 69.6 Å². The van der Waals surface area contributed by atoms with E-state index < -0.39 is 0 Å². The second kappa shape index (κ2) is 11.7. The van der Waals surface area contributed by atoms with Crippen molar-refractivity contribution in [3.05, 3.63) is 170 Å². The summed E-state index contributed by atoms with van der Waals surface area (Å²) in [5, 5.41) is 6.24. The van der Waals surface area contributed by atoms with Gasteiger partial charge >= 0.3 is 0 Å². The van der Waals surface area contributed by atoms with E-state index in [1.165, 1.54) is 74.1 Å². The molecule has 2 nitrogen and oxygen atoms in total. The summed E-state index contributed by atoms with van der Waals surface area (Å²) < 4.78 is 2.65. The quantitative estimate of drug-likeness (QED) is 0.183. The number of rotatable bonds is 4. The van der Waals surface area contributed by atoms with Crippen molar-refractivity contribution in [1.82, 2.24) is 9.97 Å².